The molecule has 0 bridgehead atoms. The van der Waals surface area contributed by atoms with Crippen LogP contribution in [0.2, 0.25) is 0 Å². The fourth-order valence-corrected chi connectivity index (χ4v) is 3.27. The lowest BCUT2D eigenvalue weighted by Crippen LogP contribution is -2.41. The van der Waals surface area contributed by atoms with Gasteiger partial charge in [0.05, 0.1) is 23.9 Å². The topological polar surface area (TPSA) is 58.6 Å². The SMILES string of the molecule is O=C(CC1(O)CCOCC1)NC[C@@H]1[C@@H](c2ccccc2)C1(F)F. The quantitative estimate of drug-likeness (QED) is 0.871. The van der Waals surface area contributed by atoms with Crippen molar-refractivity contribution >= 4 is 5.91 Å². The van der Waals surface area contributed by atoms with Gasteiger partial charge in [0.1, 0.15) is 0 Å². The van der Waals surface area contributed by atoms with Gasteiger partial charge in [-0.3, -0.25) is 4.79 Å². The van der Waals surface area contributed by atoms with Crippen LogP contribution in [0.5, 0.6) is 0 Å². The van der Waals surface area contributed by atoms with Crippen molar-refractivity contribution < 1.29 is 23.4 Å². The van der Waals surface area contributed by atoms with Crippen LogP contribution in [0.1, 0.15) is 30.7 Å². The van der Waals surface area contributed by atoms with Crippen molar-refractivity contribution in [2.45, 2.75) is 36.7 Å². The molecule has 3 rings (SSSR count). The number of hydrogen-bond acceptors (Lipinski definition) is 3. The molecule has 2 fully saturated rings. The first kappa shape index (κ1) is 16.3. The molecule has 0 radical (unpaired) electrons. The second-order valence-electron chi connectivity index (χ2n) is 6.49. The molecule has 1 saturated heterocycles. The van der Waals surface area contributed by atoms with Gasteiger partial charge in [-0.1, -0.05) is 30.3 Å². The van der Waals surface area contributed by atoms with E-state index < -0.39 is 23.4 Å². The van der Waals surface area contributed by atoms with E-state index in [-0.39, 0.29) is 18.9 Å². The van der Waals surface area contributed by atoms with Crippen molar-refractivity contribution in [3.8, 4) is 0 Å². The molecule has 1 saturated carbocycles. The van der Waals surface area contributed by atoms with Crippen LogP contribution in [0.3, 0.4) is 0 Å². The van der Waals surface area contributed by atoms with Crippen LogP contribution in [0.15, 0.2) is 30.3 Å². The third kappa shape index (κ3) is 3.53. The summed E-state index contributed by atoms with van der Waals surface area (Å²) < 4.78 is 33.0. The number of hydrogen-bond donors (Lipinski definition) is 2. The Morgan fingerprint density at radius 3 is 2.57 bits per heavy atom. The van der Waals surface area contributed by atoms with Crippen LogP contribution in [0.4, 0.5) is 8.78 Å². The zero-order chi connectivity index (χ0) is 16.5. The minimum atomic E-state index is -2.79. The number of carbonyl (C=O) groups is 1. The van der Waals surface area contributed by atoms with Gasteiger partial charge in [-0.25, -0.2) is 8.78 Å². The number of carbonyl (C=O) groups excluding carboxylic acids is 1. The van der Waals surface area contributed by atoms with E-state index in [2.05, 4.69) is 5.32 Å². The highest BCUT2D eigenvalue weighted by Gasteiger charge is 2.68. The molecule has 0 aromatic heterocycles. The highest BCUT2D eigenvalue weighted by atomic mass is 19.3. The zero-order valence-corrected chi connectivity index (χ0v) is 12.8. The Morgan fingerprint density at radius 1 is 1.26 bits per heavy atom. The Hall–Kier alpha value is -1.53. The lowest BCUT2D eigenvalue weighted by molar-refractivity contribution is -0.131. The van der Waals surface area contributed by atoms with E-state index >= 15 is 0 Å². The Labute approximate surface area is 133 Å². The monoisotopic (exact) mass is 325 g/mol. The van der Waals surface area contributed by atoms with E-state index in [4.69, 9.17) is 4.74 Å². The number of rotatable bonds is 5. The number of aliphatic hydroxyl groups is 1. The Morgan fingerprint density at radius 2 is 1.91 bits per heavy atom. The summed E-state index contributed by atoms with van der Waals surface area (Å²) in [4.78, 5) is 11.9. The predicted octanol–water partition coefficient (Wildman–Crippen LogP) is 2.08. The van der Waals surface area contributed by atoms with Crippen molar-refractivity contribution in [2.24, 2.45) is 5.92 Å². The average Bonchev–Trinajstić information content (AvgIpc) is 3.07. The van der Waals surface area contributed by atoms with Gasteiger partial charge in [-0.05, 0) is 5.56 Å². The van der Waals surface area contributed by atoms with Gasteiger partial charge in [-0.15, -0.1) is 0 Å². The Bertz CT molecular complexity index is 558. The molecule has 2 aliphatic rings. The van der Waals surface area contributed by atoms with Gasteiger partial charge in [0, 0.05) is 32.6 Å². The number of amides is 1. The molecule has 2 N–H and O–H groups in total. The van der Waals surface area contributed by atoms with Gasteiger partial charge in [-0.2, -0.15) is 0 Å². The molecule has 1 aromatic carbocycles. The number of alkyl halides is 2. The molecule has 6 heteroatoms. The van der Waals surface area contributed by atoms with Crippen molar-refractivity contribution in [3.63, 3.8) is 0 Å². The number of nitrogens with one attached hydrogen (secondary N) is 1. The molecule has 1 aliphatic heterocycles. The lowest BCUT2D eigenvalue weighted by Gasteiger charge is -2.31. The first-order valence-electron chi connectivity index (χ1n) is 7.92. The number of halogens is 2. The van der Waals surface area contributed by atoms with Crippen molar-refractivity contribution in [2.75, 3.05) is 19.8 Å². The van der Waals surface area contributed by atoms with Crippen LogP contribution in [0.25, 0.3) is 0 Å². The van der Waals surface area contributed by atoms with E-state index in [9.17, 15) is 18.7 Å². The number of benzene rings is 1. The Kier molecular flexibility index (Phi) is 4.38. The van der Waals surface area contributed by atoms with Crippen molar-refractivity contribution in [1.29, 1.82) is 0 Å². The fourth-order valence-electron chi connectivity index (χ4n) is 3.27. The second kappa shape index (κ2) is 6.17. The predicted molar refractivity (Wildman–Crippen MR) is 80.2 cm³/mol. The minimum Gasteiger partial charge on any atom is -0.389 e. The maximum atomic E-state index is 13.9. The highest BCUT2D eigenvalue weighted by molar-refractivity contribution is 5.77. The molecule has 1 aromatic rings. The summed E-state index contributed by atoms with van der Waals surface area (Å²) in [6, 6.07) is 8.63. The molecule has 23 heavy (non-hydrogen) atoms. The van der Waals surface area contributed by atoms with Gasteiger partial charge < -0.3 is 15.2 Å². The maximum absolute atomic E-state index is 13.9. The van der Waals surface area contributed by atoms with Crippen LogP contribution >= 0.6 is 0 Å². The normalized spacial score (nSPS) is 28.1. The van der Waals surface area contributed by atoms with Gasteiger partial charge in [0.25, 0.3) is 5.92 Å². The van der Waals surface area contributed by atoms with Gasteiger partial charge in [0.15, 0.2) is 0 Å². The highest BCUT2D eigenvalue weighted by Crippen LogP contribution is 2.61. The minimum absolute atomic E-state index is 0.0648. The lowest BCUT2D eigenvalue weighted by atomic mass is 9.90. The maximum Gasteiger partial charge on any atom is 0.260 e. The standard InChI is InChI=1S/C17H21F2NO3/c18-17(19)13(15(17)12-4-2-1-3-5-12)11-20-14(21)10-16(22)6-8-23-9-7-16/h1-5,13,15,22H,6-11H2,(H,20,21)/t13-,15-/m1/s1. The summed E-state index contributed by atoms with van der Waals surface area (Å²) in [5, 5.41) is 12.8. The summed E-state index contributed by atoms with van der Waals surface area (Å²) in [6.45, 7) is 0.763. The van der Waals surface area contributed by atoms with E-state index in [1.165, 1.54) is 0 Å². The molecule has 126 valence electrons. The third-order valence-corrected chi connectivity index (χ3v) is 4.79. The summed E-state index contributed by atoms with van der Waals surface area (Å²) in [6.07, 6.45) is 0.726. The first-order valence-corrected chi connectivity index (χ1v) is 7.92. The van der Waals surface area contributed by atoms with Gasteiger partial charge in [0.2, 0.25) is 5.91 Å². The molecule has 1 aliphatic carbocycles. The van der Waals surface area contributed by atoms with Crippen LogP contribution in [0, 0.1) is 5.92 Å². The molecule has 1 amide bonds. The summed E-state index contributed by atoms with van der Waals surface area (Å²) in [7, 11) is 0. The molecular formula is C17H21F2NO3. The van der Waals surface area contributed by atoms with Crippen LogP contribution in [-0.2, 0) is 9.53 Å². The summed E-state index contributed by atoms with van der Waals surface area (Å²) >= 11 is 0. The smallest absolute Gasteiger partial charge is 0.260 e. The summed E-state index contributed by atoms with van der Waals surface area (Å²) in [5.41, 5.74) is -0.479. The zero-order valence-electron chi connectivity index (χ0n) is 12.8. The van der Waals surface area contributed by atoms with Crippen LogP contribution in [-0.4, -0.2) is 42.3 Å². The largest absolute Gasteiger partial charge is 0.389 e. The first-order chi connectivity index (χ1) is 10.9. The Balaban J connectivity index is 1.51. The molecule has 1 heterocycles. The molecular weight excluding hydrogens is 304 g/mol. The van der Waals surface area contributed by atoms with Gasteiger partial charge >= 0.3 is 0 Å². The number of ether oxygens (including phenoxy) is 1. The van der Waals surface area contributed by atoms with Crippen LogP contribution < -0.4 is 5.32 Å². The molecule has 4 nitrogen and oxygen atoms in total. The van der Waals surface area contributed by atoms with Crippen molar-refractivity contribution in [3.05, 3.63) is 35.9 Å². The summed E-state index contributed by atoms with van der Waals surface area (Å²) in [5.74, 6) is -4.89. The fraction of sp³-hybridized carbons (Fsp3) is 0.588. The third-order valence-electron chi connectivity index (χ3n) is 4.79. The molecule has 0 spiro atoms. The average molecular weight is 325 g/mol. The van der Waals surface area contributed by atoms with Crippen molar-refractivity contribution in [1.82, 2.24) is 5.32 Å². The van der Waals surface area contributed by atoms with E-state index in [1.807, 2.05) is 0 Å². The molecule has 2 atom stereocenters. The van der Waals surface area contributed by atoms with E-state index in [0.29, 0.717) is 31.6 Å². The van der Waals surface area contributed by atoms with E-state index in [0.717, 1.165) is 0 Å². The second-order valence-corrected chi connectivity index (χ2v) is 6.49. The van der Waals surface area contributed by atoms with E-state index in [1.54, 1.807) is 30.3 Å². The molecule has 0 unspecified atom stereocenters.